The van der Waals surface area contributed by atoms with Crippen LogP contribution in [0.3, 0.4) is 0 Å². The molecule has 0 saturated carbocycles. The summed E-state index contributed by atoms with van der Waals surface area (Å²) in [5, 5.41) is 9.07. The van der Waals surface area contributed by atoms with Crippen LogP contribution in [0, 0.1) is 11.3 Å². The highest BCUT2D eigenvalue weighted by Gasteiger charge is 2.29. The van der Waals surface area contributed by atoms with Gasteiger partial charge in [0.15, 0.2) is 0 Å². The number of benzene rings is 1. The van der Waals surface area contributed by atoms with E-state index < -0.39 is 0 Å². The highest BCUT2D eigenvalue weighted by molar-refractivity contribution is 5.94. The summed E-state index contributed by atoms with van der Waals surface area (Å²) in [6, 6.07) is 13.4. The Kier molecular flexibility index (Phi) is 4.54. The molecule has 134 valence electrons. The lowest BCUT2D eigenvalue weighted by Crippen LogP contribution is -2.31. The number of hydrogen-bond acceptors (Lipinski definition) is 5. The van der Waals surface area contributed by atoms with Gasteiger partial charge in [-0.15, -0.1) is 0 Å². The van der Waals surface area contributed by atoms with E-state index in [-0.39, 0.29) is 23.6 Å². The lowest BCUT2D eigenvalue weighted by Gasteiger charge is -2.17. The lowest BCUT2D eigenvalue weighted by atomic mass is 10.2. The number of nitrogens with zero attached hydrogens (tertiary/aromatic N) is 5. The second-order valence-corrected chi connectivity index (χ2v) is 6.24. The smallest absolute Gasteiger partial charge is 0.253 e. The van der Waals surface area contributed by atoms with Crippen LogP contribution in [0.5, 0.6) is 5.88 Å². The van der Waals surface area contributed by atoms with E-state index in [9.17, 15) is 4.79 Å². The zero-order chi connectivity index (χ0) is 18.6. The first kappa shape index (κ1) is 16.8. The van der Waals surface area contributed by atoms with Gasteiger partial charge in [0.25, 0.3) is 11.8 Å². The largest absolute Gasteiger partial charge is 0.470 e. The molecule has 1 fully saturated rings. The van der Waals surface area contributed by atoms with Gasteiger partial charge >= 0.3 is 0 Å². The number of rotatable bonds is 4. The van der Waals surface area contributed by atoms with Gasteiger partial charge in [0.1, 0.15) is 12.2 Å². The number of amides is 1. The highest BCUT2D eigenvalue weighted by atomic mass is 16.5. The number of carbonyl (C=O) groups excluding carboxylic acids is 1. The fourth-order valence-corrected chi connectivity index (χ4v) is 3.12. The van der Waals surface area contributed by atoms with Gasteiger partial charge in [-0.25, -0.2) is 9.97 Å². The monoisotopic (exact) mass is 359 g/mol. The molecule has 27 heavy (non-hydrogen) atoms. The summed E-state index contributed by atoms with van der Waals surface area (Å²) in [4.78, 5) is 22.5. The number of hydrogen-bond donors (Lipinski definition) is 0. The van der Waals surface area contributed by atoms with Crippen molar-refractivity contribution in [1.29, 1.82) is 5.26 Å². The van der Waals surface area contributed by atoms with Crippen LogP contribution >= 0.6 is 0 Å². The average molecular weight is 359 g/mol. The van der Waals surface area contributed by atoms with E-state index in [1.807, 2.05) is 59.4 Å². The number of nitriles is 1. The average Bonchev–Trinajstić information content (AvgIpc) is 3.40. The first-order chi connectivity index (χ1) is 13.2. The molecule has 0 aliphatic carbocycles. The van der Waals surface area contributed by atoms with Crippen LogP contribution in [0.15, 0.2) is 61.2 Å². The van der Waals surface area contributed by atoms with E-state index in [0.717, 1.165) is 5.69 Å². The Bertz CT molecular complexity index is 976. The summed E-state index contributed by atoms with van der Waals surface area (Å²) in [7, 11) is 0. The quantitative estimate of drug-likeness (QED) is 0.714. The first-order valence-corrected chi connectivity index (χ1v) is 8.65. The van der Waals surface area contributed by atoms with Gasteiger partial charge in [-0.3, -0.25) is 4.79 Å². The summed E-state index contributed by atoms with van der Waals surface area (Å²) in [6.45, 7) is 1.06. The van der Waals surface area contributed by atoms with Crippen LogP contribution in [-0.2, 0) is 0 Å². The summed E-state index contributed by atoms with van der Waals surface area (Å²) >= 11 is 0. The second kappa shape index (κ2) is 7.30. The number of aromatic nitrogens is 3. The van der Waals surface area contributed by atoms with Gasteiger partial charge in [0, 0.05) is 49.0 Å². The minimum absolute atomic E-state index is 0.0280. The molecule has 3 aromatic rings. The molecule has 3 heterocycles. The Morgan fingerprint density at radius 3 is 2.63 bits per heavy atom. The van der Waals surface area contributed by atoms with Crippen LogP contribution in [-0.4, -0.2) is 44.5 Å². The molecule has 1 aliphatic rings. The molecule has 7 nitrogen and oxygen atoms in total. The summed E-state index contributed by atoms with van der Waals surface area (Å²) in [5.41, 5.74) is 1.80. The van der Waals surface area contributed by atoms with Crippen molar-refractivity contribution in [3.05, 3.63) is 72.4 Å². The van der Waals surface area contributed by atoms with Crippen LogP contribution in [0.1, 0.15) is 22.5 Å². The first-order valence-electron chi connectivity index (χ1n) is 8.65. The zero-order valence-corrected chi connectivity index (χ0v) is 14.5. The van der Waals surface area contributed by atoms with Gasteiger partial charge in [-0.2, -0.15) is 5.26 Å². The second-order valence-electron chi connectivity index (χ2n) is 6.24. The van der Waals surface area contributed by atoms with Gasteiger partial charge in [-0.1, -0.05) is 0 Å². The Morgan fingerprint density at radius 1 is 1.15 bits per heavy atom. The maximum atomic E-state index is 12.7. The third kappa shape index (κ3) is 3.51. The van der Waals surface area contributed by atoms with Gasteiger partial charge in [0.2, 0.25) is 5.69 Å². The summed E-state index contributed by atoms with van der Waals surface area (Å²) in [6.07, 6.45) is 7.35. The zero-order valence-electron chi connectivity index (χ0n) is 14.5. The van der Waals surface area contributed by atoms with E-state index in [1.54, 1.807) is 4.90 Å². The van der Waals surface area contributed by atoms with E-state index in [0.29, 0.717) is 25.1 Å². The molecule has 0 bridgehead atoms. The van der Waals surface area contributed by atoms with E-state index in [2.05, 4.69) is 9.97 Å². The van der Waals surface area contributed by atoms with Crippen molar-refractivity contribution >= 4 is 5.91 Å². The van der Waals surface area contributed by atoms with Gasteiger partial charge in [-0.05, 0) is 36.4 Å². The molecule has 1 aromatic carbocycles. The molecule has 0 N–H and O–H groups in total. The Labute approximate surface area is 156 Å². The molecule has 1 saturated heterocycles. The van der Waals surface area contributed by atoms with Crippen molar-refractivity contribution in [1.82, 2.24) is 19.4 Å². The van der Waals surface area contributed by atoms with Crippen LogP contribution in [0.25, 0.3) is 5.69 Å². The Balaban J connectivity index is 1.41. The van der Waals surface area contributed by atoms with Crippen LogP contribution in [0.2, 0.25) is 0 Å². The predicted molar refractivity (Wildman–Crippen MR) is 97.5 cm³/mol. The topological polar surface area (TPSA) is 84.0 Å². The molecule has 1 atom stereocenters. The molecular formula is C20H17N5O2. The molecule has 1 aliphatic heterocycles. The molecule has 4 rings (SSSR count). The molecular weight excluding hydrogens is 342 g/mol. The van der Waals surface area contributed by atoms with E-state index >= 15 is 0 Å². The third-order valence-electron chi connectivity index (χ3n) is 4.50. The van der Waals surface area contributed by atoms with Crippen molar-refractivity contribution in [2.45, 2.75) is 12.5 Å². The maximum Gasteiger partial charge on any atom is 0.253 e. The van der Waals surface area contributed by atoms with E-state index in [1.165, 1.54) is 12.4 Å². The lowest BCUT2D eigenvalue weighted by molar-refractivity contribution is 0.0771. The molecule has 1 amide bonds. The van der Waals surface area contributed by atoms with Crippen molar-refractivity contribution in [3.63, 3.8) is 0 Å². The van der Waals surface area contributed by atoms with Gasteiger partial charge < -0.3 is 14.2 Å². The standard InChI is InChI=1S/C20H17N5O2/c21-13-18-19(23-9-8-22-18)27-17-7-12-25(14-17)20(26)15-3-5-16(6-4-15)24-10-1-2-11-24/h1-6,8-11,17H,7,12,14H2. The number of ether oxygens (including phenoxy) is 1. The Hall–Kier alpha value is -3.66. The molecule has 2 aromatic heterocycles. The predicted octanol–water partition coefficient (Wildman–Crippen LogP) is 2.43. The van der Waals surface area contributed by atoms with Crippen molar-refractivity contribution in [2.75, 3.05) is 13.1 Å². The third-order valence-corrected chi connectivity index (χ3v) is 4.50. The minimum atomic E-state index is -0.197. The van der Waals surface area contributed by atoms with Crippen molar-refractivity contribution < 1.29 is 9.53 Å². The summed E-state index contributed by atoms with van der Waals surface area (Å²) < 4.78 is 7.78. The van der Waals surface area contributed by atoms with Gasteiger partial charge in [0.05, 0.1) is 6.54 Å². The number of likely N-dealkylation sites (tertiary alicyclic amines) is 1. The highest BCUT2D eigenvalue weighted by Crippen LogP contribution is 2.20. The maximum absolute atomic E-state index is 12.7. The molecule has 1 unspecified atom stereocenters. The fourth-order valence-electron chi connectivity index (χ4n) is 3.12. The Morgan fingerprint density at radius 2 is 1.89 bits per heavy atom. The summed E-state index contributed by atoms with van der Waals surface area (Å²) in [5.74, 6) is 0.190. The molecule has 0 spiro atoms. The molecule has 7 heteroatoms. The SMILES string of the molecule is N#Cc1nccnc1OC1CCN(C(=O)c2ccc(-n3cccc3)cc2)C1. The van der Waals surface area contributed by atoms with Crippen LogP contribution < -0.4 is 4.74 Å². The van der Waals surface area contributed by atoms with Crippen molar-refractivity contribution in [3.8, 4) is 17.6 Å². The van der Waals surface area contributed by atoms with Crippen molar-refractivity contribution in [2.24, 2.45) is 0 Å². The fraction of sp³-hybridized carbons (Fsp3) is 0.200. The minimum Gasteiger partial charge on any atom is -0.470 e. The van der Waals surface area contributed by atoms with Crippen LogP contribution in [0.4, 0.5) is 0 Å². The van der Waals surface area contributed by atoms with E-state index in [4.69, 9.17) is 10.00 Å². The number of carbonyl (C=O) groups is 1. The normalized spacial score (nSPS) is 16.1. The molecule has 0 radical (unpaired) electrons.